The van der Waals surface area contributed by atoms with Gasteiger partial charge in [0.2, 0.25) is 0 Å². The molecule has 1 aromatic rings. The van der Waals surface area contributed by atoms with Crippen LogP contribution in [0.4, 0.5) is 4.39 Å². The number of benzene rings is 1. The molecule has 0 atom stereocenters. The fourth-order valence-corrected chi connectivity index (χ4v) is 1.49. The van der Waals surface area contributed by atoms with E-state index in [1.54, 1.807) is 6.07 Å². The predicted molar refractivity (Wildman–Crippen MR) is 70.3 cm³/mol. The smallest absolute Gasteiger partial charge is 0.196 e. The van der Waals surface area contributed by atoms with Gasteiger partial charge < -0.3 is 5.11 Å². The topological polar surface area (TPSA) is 61.1 Å². The Morgan fingerprint density at radius 3 is 2.53 bits per heavy atom. The lowest BCUT2D eigenvalue weighted by Crippen LogP contribution is -2.06. The van der Waals surface area contributed by atoms with Crippen LogP contribution in [-0.2, 0) is 0 Å². The number of ketones is 1. The van der Waals surface area contributed by atoms with Crippen LogP contribution in [-0.4, -0.2) is 10.9 Å². The molecule has 3 nitrogen and oxygen atoms in total. The first kappa shape index (κ1) is 14.7. The van der Waals surface area contributed by atoms with Gasteiger partial charge in [-0.1, -0.05) is 24.8 Å². The van der Waals surface area contributed by atoms with Crippen molar-refractivity contribution in [3.8, 4) is 6.07 Å². The molecule has 0 heterocycles. The zero-order valence-electron chi connectivity index (χ0n) is 9.78. The molecule has 0 spiro atoms. The van der Waals surface area contributed by atoms with Crippen molar-refractivity contribution >= 4 is 17.4 Å². The fourth-order valence-electron chi connectivity index (χ4n) is 1.38. The summed E-state index contributed by atoms with van der Waals surface area (Å²) in [5.74, 6) is -1.95. The highest BCUT2D eigenvalue weighted by Crippen LogP contribution is 2.18. The average molecular weight is 278 g/mol. The van der Waals surface area contributed by atoms with Crippen LogP contribution in [0.3, 0.4) is 0 Å². The first-order chi connectivity index (χ1) is 8.85. The summed E-state index contributed by atoms with van der Waals surface area (Å²) in [7, 11) is 0. The van der Waals surface area contributed by atoms with Gasteiger partial charge in [-0.2, -0.15) is 5.26 Å². The molecule has 1 rings (SSSR count). The van der Waals surface area contributed by atoms with Crippen molar-refractivity contribution < 1.29 is 14.3 Å². The van der Waals surface area contributed by atoms with Crippen molar-refractivity contribution in [2.24, 2.45) is 0 Å². The van der Waals surface area contributed by atoms with Crippen molar-refractivity contribution in [2.75, 3.05) is 0 Å². The lowest BCUT2D eigenvalue weighted by Gasteiger charge is -2.05. The van der Waals surface area contributed by atoms with Crippen molar-refractivity contribution in [2.45, 2.75) is 0 Å². The molecule has 96 valence electrons. The minimum atomic E-state index is -0.727. The van der Waals surface area contributed by atoms with E-state index in [1.165, 1.54) is 6.07 Å². The Kier molecular flexibility index (Phi) is 4.62. The lowest BCUT2D eigenvalue weighted by atomic mass is 10.00. The zero-order chi connectivity index (χ0) is 14.6. The van der Waals surface area contributed by atoms with Gasteiger partial charge in [-0.3, -0.25) is 4.79 Å². The molecule has 0 saturated carbocycles. The average Bonchev–Trinajstić information content (AvgIpc) is 2.33. The van der Waals surface area contributed by atoms with Crippen LogP contribution in [0, 0.1) is 17.1 Å². The maximum Gasteiger partial charge on any atom is 0.196 e. The number of hydrogen-bond acceptors (Lipinski definition) is 3. The van der Waals surface area contributed by atoms with E-state index in [1.807, 2.05) is 0 Å². The first-order valence-electron chi connectivity index (χ1n) is 5.05. The van der Waals surface area contributed by atoms with E-state index in [2.05, 4.69) is 13.2 Å². The second kappa shape index (κ2) is 5.98. The number of Topliss-reactive ketones (excluding diaryl/α,β-unsaturated/α-hetero) is 1. The Morgan fingerprint density at radius 2 is 2.05 bits per heavy atom. The van der Waals surface area contributed by atoms with E-state index in [0.717, 1.165) is 18.2 Å². The molecular weight excluding hydrogens is 269 g/mol. The van der Waals surface area contributed by atoms with Gasteiger partial charge >= 0.3 is 0 Å². The minimum Gasteiger partial charge on any atom is -0.508 e. The summed E-state index contributed by atoms with van der Waals surface area (Å²) < 4.78 is 13.3. The molecule has 1 N–H and O–H groups in total. The molecule has 0 fully saturated rings. The van der Waals surface area contributed by atoms with Crippen molar-refractivity contribution in [3.05, 3.63) is 70.7 Å². The van der Waals surface area contributed by atoms with Gasteiger partial charge in [0.15, 0.2) is 5.78 Å². The maximum atomic E-state index is 13.3. The van der Waals surface area contributed by atoms with Crippen molar-refractivity contribution in [1.82, 2.24) is 0 Å². The summed E-state index contributed by atoms with van der Waals surface area (Å²) in [5.41, 5.74) is -0.304. The van der Waals surface area contributed by atoms with Crippen LogP contribution in [0.15, 0.2) is 53.8 Å². The Hall–Kier alpha value is -2.38. The van der Waals surface area contributed by atoms with Gasteiger partial charge in [0, 0.05) is 10.6 Å². The summed E-state index contributed by atoms with van der Waals surface area (Å²) in [6.45, 7) is 6.59. The molecule has 1 aromatic carbocycles. The second-order valence-electron chi connectivity index (χ2n) is 3.62. The highest BCUT2D eigenvalue weighted by atomic mass is 35.5. The summed E-state index contributed by atoms with van der Waals surface area (Å²) >= 11 is 5.54. The number of allylic oxidation sites excluding steroid dienone is 3. The molecule has 5 heteroatoms. The van der Waals surface area contributed by atoms with E-state index in [-0.39, 0.29) is 21.7 Å². The summed E-state index contributed by atoms with van der Waals surface area (Å²) in [5, 5.41) is 18.1. The third kappa shape index (κ3) is 3.80. The number of carbonyl (C=O) groups excluding carboxylic acids is 1. The van der Waals surface area contributed by atoms with Crippen LogP contribution < -0.4 is 0 Å². The number of aliphatic hydroxyl groups is 1. The Morgan fingerprint density at radius 1 is 1.42 bits per heavy atom. The number of halogens is 2. The lowest BCUT2D eigenvalue weighted by molar-refractivity contribution is 0.103. The Balaban J connectivity index is 3.33. The van der Waals surface area contributed by atoms with E-state index in [4.69, 9.17) is 16.9 Å². The highest BCUT2D eigenvalue weighted by Gasteiger charge is 2.16. The zero-order valence-corrected chi connectivity index (χ0v) is 10.5. The summed E-state index contributed by atoms with van der Waals surface area (Å²) in [6.07, 6.45) is 1.11. The predicted octanol–water partition coefficient (Wildman–Crippen LogP) is 3.63. The third-order valence-electron chi connectivity index (χ3n) is 2.15. The number of nitrogens with zero attached hydrogens (tertiary/aromatic N) is 1. The second-order valence-corrected chi connectivity index (χ2v) is 4.11. The molecule has 0 aliphatic carbocycles. The summed E-state index contributed by atoms with van der Waals surface area (Å²) in [6, 6.07) is 4.89. The van der Waals surface area contributed by atoms with Crippen LogP contribution in [0.2, 0.25) is 0 Å². The molecular formula is C14H9ClFNO2. The van der Waals surface area contributed by atoms with Gasteiger partial charge in [-0.25, -0.2) is 4.39 Å². The summed E-state index contributed by atoms with van der Waals surface area (Å²) in [4.78, 5) is 12.1. The van der Waals surface area contributed by atoms with Gasteiger partial charge in [0.05, 0.1) is 17.2 Å². The van der Waals surface area contributed by atoms with E-state index >= 15 is 0 Å². The molecule has 0 aromatic heterocycles. The van der Waals surface area contributed by atoms with Crippen molar-refractivity contribution in [1.29, 1.82) is 5.26 Å². The van der Waals surface area contributed by atoms with E-state index in [9.17, 15) is 14.3 Å². The van der Waals surface area contributed by atoms with Crippen LogP contribution >= 0.6 is 11.6 Å². The number of carbonyl (C=O) groups is 1. The quantitative estimate of drug-likeness (QED) is 0.396. The van der Waals surface area contributed by atoms with Crippen LogP contribution in [0.1, 0.15) is 15.9 Å². The first-order valence-corrected chi connectivity index (χ1v) is 5.42. The van der Waals surface area contributed by atoms with Gasteiger partial charge in [-0.15, -0.1) is 0 Å². The van der Waals surface area contributed by atoms with Gasteiger partial charge in [0.1, 0.15) is 11.6 Å². The Bertz CT molecular complexity index is 641. The molecule has 0 amide bonds. The monoisotopic (exact) mass is 277 g/mol. The number of hydrogen-bond donors (Lipinski definition) is 1. The molecule has 19 heavy (non-hydrogen) atoms. The third-order valence-corrected chi connectivity index (χ3v) is 2.25. The minimum absolute atomic E-state index is 0.00375. The molecule has 0 unspecified atom stereocenters. The van der Waals surface area contributed by atoms with E-state index < -0.39 is 17.4 Å². The normalized spacial score (nSPS) is 10.7. The molecule has 0 saturated heterocycles. The number of nitriles is 1. The number of aliphatic hydroxyl groups excluding tert-OH is 1. The highest BCUT2D eigenvalue weighted by molar-refractivity contribution is 6.31. The molecule has 0 radical (unpaired) electrons. The van der Waals surface area contributed by atoms with Gasteiger partial charge in [0.25, 0.3) is 0 Å². The SMILES string of the molecule is C=C(Cl)/C=C(\C(=C)O)C(=O)c1cc(F)cc(C#N)c1. The molecule has 0 aliphatic rings. The van der Waals surface area contributed by atoms with Gasteiger partial charge in [-0.05, 0) is 24.3 Å². The molecule has 0 bridgehead atoms. The maximum absolute atomic E-state index is 13.3. The number of rotatable bonds is 4. The fraction of sp³-hybridized carbons (Fsp3) is 0. The van der Waals surface area contributed by atoms with Crippen LogP contribution in [0.5, 0.6) is 0 Å². The largest absolute Gasteiger partial charge is 0.508 e. The van der Waals surface area contributed by atoms with Crippen molar-refractivity contribution in [3.63, 3.8) is 0 Å². The standard InChI is InChI=1S/C14H9ClFNO2/c1-8(15)3-13(9(2)18)14(19)11-4-10(7-17)5-12(16)6-11/h3-6,18H,1-2H2/b13-3+. The van der Waals surface area contributed by atoms with E-state index in [0.29, 0.717) is 0 Å². The Labute approximate surface area is 114 Å². The van der Waals surface area contributed by atoms with Crippen LogP contribution in [0.25, 0.3) is 0 Å². The molecule has 0 aliphatic heterocycles.